The molecule has 0 aromatic rings. The lowest BCUT2D eigenvalue weighted by molar-refractivity contribution is -0.141. The molecule has 35 heavy (non-hydrogen) atoms. The second-order valence-electron chi connectivity index (χ2n) is 7.71. The van der Waals surface area contributed by atoms with Gasteiger partial charge >= 0.3 is 5.97 Å². The Hall–Kier alpha value is -3.11. The second-order valence-corrected chi connectivity index (χ2v) is 8.08. The Kier molecular flexibility index (Phi) is 15.8. The van der Waals surface area contributed by atoms with E-state index in [0.29, 0.717) is 19.4 Å². The van der Waals surface area contributed by atoms with Gasteiger partial charge in [0.1, 0.15) is 18.1 Å². The average molecular weight is 520 g/mol. The first-order chi connectivity index (χ1) is 16.4. The number of carbonyl (C=O) groups excluding carboxylic acids is 4. The molecule has 0 aromatic carbocycles. The monoisotopic (exact) mass is 519 g/mol. The highest BCUT2D eigenvalue weighted by Gasteiger charge is 2.30. The van der Waals surface area contributed by atoms with Crippen LogP contribution in [0.4, 0.5) is 0 Å². The Morgan fingerprint density at radius 3 is 1.80 bits per heavy atom. The van der Waals surface area contributed by atoms with Gasteiger partial charge < -0.3 is 49.7 Å². The van der Waals surface area contributed by atoms with Gasteiger partial charge in [0.2, 0.25) is 23.6 Å². The van der Waals surface area contributed by atoms with Crippen molar-refractivity contribution in [3.8, 4) is 0 Å². The number of carbonyl (C=O) groups is 5. The zero-order valence-electron chi connectivity index (χ0n) is 19.4. The maximum Gasteiger partial charge on any atom is 0.327 e. The lowest BCUT2D eigenvalue weighted by atomic mass is 10.1. The van der Waals surface area contributed by atoms with E-state index in [4.69, 9.17) is 28.7 Å². The van der Waals surface area contributed by atoms with Crippen molar-refractivity contribution in [1.29, 1.82) is 0 Å². The summed E-state index contributed by atoms with van der Waals surface area (Å²) in [7, 11) is 0. The molecule has 0 heterocycles. The molecule has 0 radical (unpaired) electrons. The highest BCUT2D eigenvalue weighted by atomic mass is 32.1. The Labute approximate surface area is 208 Å². The van der Waals surface area contributed by atoms with Crippen molar-refractivity contribution in [2.24, 2.45) is 33.7 Å². The lowest BCUT2D eigenvalue weighted by Gasteiger charge is -2.25. The predicted molar refractivity (Wildman–Crippen MR) is 132 cm³/mol. The Balaban J connectivity index is 5.54. The molecule has 0 aliphatic carbocycles. The van der Waals surface area contributed by atoms with Crippen molar-refractivity contribution >= 4 is 48.2 Å². The van der Waals surface area contributed by atoms with Crippen LogP contribution in [0.3, 0.4) is 0 Å². The second kappa shape index (κ2) is 17.3. The van der Waals surface area contributed by atoms with Crippen LogP contribution < -0.4 is 44.6 Å². The van der Waals surface area contributed by atoms with Crippen LogP contribution in [0.2, 0.25) is 0 Å². The third-order valence-corrected chi connectivity index (χ3v) is 5.08. The lowest BCUT2D eigenvalue weighted by Crippen LogP contribution is -2.57. The summed E-state index contributed by atoms with van der Waals surface area (Å²) in [5, 5.41) is 16.5. The van der Waals surface area contributed by atoms with Gasteiger partial charge in [-0.25, -0.2) is 4.79 Å². The fourth-order valence-corrected chi connectivity index (χ4v) is 3.10. The molecule has 200 valence electrons. The number of guanidine groups is 1. The van der Waals surface area contributed by atoms with Gasteiger partial charge in [0.05, 0.1) is 12.5 Å². The Bertz CT molecular complexity index is 763. The number of carboxylic acid groups (broad SMARTS) is 1. The van der Waals surface area contributed by atoms with Gasteiger partial charge in [-0.05, 0) is 38.6 Å². The summed E-state index contributed by atoms with van der Waals surface area (Å²) in [6.07, 6.45) is 1.13. The SMILES string of the molecule is NCCCCC(NC(=O)C(CCCN=C(N)N)NC(=O)C(N)CC(N)=O)C(=O)NC(CS)C(=O)O. The first-order valence-electron chi connectivity index (χ1n) is 11.0. The number of hydrogen-bond acceptors (Lipinski definition) is 9. The van der Waals surface area contributed by atoms with Gasteiger partial charge in [0.15, 0.2) is 5.96 Å². The largest absolute Gasteiger partial charge is 0.480 e. The minimum absolute atomic E-state index is 0.0726. The standard InChI is InChI=1S/C19H37N9O6S/c20-6-2-1-4-11(17(32)28-13(9-35)18(33)34)27-16(31)12(5-3-7-25-19(23)24)26-15(30)10(21)8-14(22)29/h10-13,35H,1-9,20-21H2,(H2,22,29)(H,26,30)(H,27,31)(H,28,32)(H,33,34)(H4,23,24,25). The third-order valence-electron chi connectivity index (χ3n) is 4.71. The smallest absolute Gasteiger partial charge is 0.327 e. The number of nitrogens with one attached hydrogen (secondary N) is 3. The van der Waals surface area contributed by atoms with Crippen molar-refractivity contribution in [2.75, 3.05) is 18.8 Å². The number of thiol groups is 1. The third kappa shape index (κ3) is 14.0. The molecule has 15 nitrogen and oxygen atoms in total. The van der Waals surface area contributed by atoms with Crippen LogP contribution in [0.5, 0.6) is 0 Å². The van der Waals surface area contributed by atoms with Crippen LogP contribution in [0.15, 0.2) is 4.99 Å². The predicted octanol–water partition coefficient (Wildman–Crippen LogP) is -4.16. The normalized spacial score (nSPS) is 14.0. The number of aliphatic imine (C=N–C) groups is 1. The molecule has 0 aliphatic heterocycles. The number of nitrogens with two attached hydrogens (primary N) is 5. The number of amides is 4. The van der Waals surface area contributed by atoms with Crippen LogP contribution in [-0.2, 0) is 24.0 Å². The fraction of sp³-hybridized carbons (Fsp3) is 0.684. The van der Waals surface area contributed by atoms with Gasteiger partial charge in [-0.15, -0.1) is 0 Å². The van der Waals surface area contributed by atoms with Crippen LogP contribution in [0.25, 0.3) is 0 Å². The Morgan fingerprint density at radius 1 is 0.829 bits per heavy atom. The average Bonchev–Trinajstić information content (AvgIpc) is 2.77. The minimum Gasteiger partial charge on any atom is -0.480 e. The van der Waals surface area contributed by atoms with E-state index in [0.717, 1.165) is 0 Å². The fourth-order valence-electron chi connectivity index (χ4n) is 2.85. The van der Waals surface area contributed by atoms with E-state index in [1.165, 1.54) is 0 Å². The van der Waals surface area contributed by atoms with E-state index in [2.05, 4.69) is 33.6 Å². The number of aliphatic carboxylic acids is 1. The molecule has 4 amide bonds. The quantitative estimate of drug-likeness (QED) is 0.0361. The Morgan fingerprint density at radius 2 is 1.34 bits per heavy atom. The summed E-state index contributed by atoms with van der Waals surface area (Å²) in [5.74, 6) is -4.63. The molecule has 0 bridgehead atoms. The summed E-state index contributed by atoms with van der Waals surface area (Å²) in [5.41, 5.74) is 26.8. The summed E-state index contributed by atoms with van der Waals surface area (Å²) >= 11 is 3.91. The molecule has 0 saturated heterocycles. The van der Waals surface area contributed by atoms with E-state index in [1.54, 1.807) is 0 Å². The van der Waals surface area contributed by atoms with E-state index in [9.17, 15) is 29.1 Å². The molecular weight excluding hydrogens is 482 g/mol. The van der Waals surface area contributed by atoms with Crippen LogP contribution in [-0.4, -0.2) is 83.7 Å². The number of rotatable bonds is 18. The molecular formula is C19H37N9O6S. The molecule has 0 rings (SSSR count). The van der Waals surface area contributed by atoms with Gasteiger partial charge in [-0.3, -0.25) is 24.2 Å². The molecule has 0 aromatic heterocycles. The number of nitrogens with zero attached hydrogens (tertiary/aromatic N) is 1. The molecule has 14 N–H and O–H groups in total. The molecule has 0 fully saturated rings. The zero-order valence-corrected chi connectivity index (χ0v) is 20.3. The van der Waals surface area contributed by atoms with E-state index in [-0.39, 0.29) is 37.5 Å². The van der Waals surface area contributed by atoms with Crippen LogP contribution in [0.1, 0.15) is 38.5 Å². The van der Waals surface area contributed by atoms with Gasteiger partial charge in [-0.1, -0.05) is 0 Å². The summed E-state index contributed by atoms with van der Waals surface area (Å²) < 4.78 is 0. The zero-order chi connectivity index (χ0) is 27.0. The van der Waals surface area contributed by atoms with E-state index in [1.807, 2.05) is 0 Å². The van der Waals surface area contributed by atoms with Gasteiger partial charge in [0.25, 0.3) is 0 Å². The van der Waals surface area contributed by atoms with Gasteiger partial charge in [0, 0.05) is 12.3 Å². The number of primary amides is 1. The van der Waals surface area contributed by atoms with E-state index >= 15 is 0 Å². The van der Waals surface area contributed by atoms with Crippen LogP contribution in [0, 0.1) is 0 Å². The van der Waals surface area contributed by atoms with Crippen molar-refractivity contribution in [3.05, 3.63) is 0 Å². The molecule has 0 spiro atoms. The summed E-state index contributed by atoms with van der Waals surface area (Å²) in [6, 6.07) is -4.80. The minimum atomic E-state index is -1.28. The highest BCUT2D eigenvalue weighted by Crippen LogP contribution is 2.06. The number of hydrogen-bond donors (Lipinski definition) is 10. The number of unbranched alkanes of at least 4 members (excludes halogenated alkanes) is 1. The molecule has 0 saturated carbocycles. The molecule has 16 heteroatoms. The molecule has 4 atom stereocenters. The topological polar surface area (TPSA) is 284 Å². The number of carboxylic acids is 1. The molecule has 0 aliphatic rings. The summed E-state index contributed by atoms with van der Waals surface area (Å²) in [6.45, 7) is 0.524. The van der Waals surface area contributed by atoms with Crippen molar-refractivity contribution in [1.82, 2.24) is 16.0 Å². The van der Waals surface area contributed by atoms with Crippen molar-refractivity contribution in [3.63, 3.8) is 0 Å². The van der Waals surface area contributed by atoms with Gasteiger partial charge in [-0.2, -0.15) is 12.6 Å². The first-order valence-corrected chi connectivity index (χ1v) is 11.6. The van der Waals surface area contributed by atoms with Crippen molar-refractivity contribution in [2.45, 2.75) is 62.7 Å². The first kappa shape index (κ1) is 31.9. The van der Waals surface area contributed by atoms with Crippen LogP contribution >= 0.6 is 12.6 Å². The molecule has 4 unspecified atom stereocenters. The van der Waals surface area contributed by atoms with Crippen molar-refractivity contribution < 1.29 is 29.1 Å². The maximum atomic E-state index is 13.0. The highest BCUT2D eigenvalue weighted by molar-refractivity contribution is 7.80. The maximum absolute atomic E-state index is 13.0. The summed E-state index contributed by atoms with van der Waals surface area (Å²) in [4.78, 5) is 64.2. The van der Waals surface area contributed by atoms with E-state index < -0.39 is 60.2 Å².